The van der Waals surface area contributed by atoms with E-state index >= 15 is 0 Å². The lowest BCUT2D eigenvalue weighted by atomic mass is 10.2. The number of rotatable bonds is 7. The first kappa shape index (κ1) is 20.6. The Morgan fingerprint density at radius 1 is 1.03 bits per heavy atom. The van der Waals surface area contributed by atoms with Crippen LogP contribution in [0, 0.1) is 0 Å². The summed E-state index contributed by atoms with van der Waals surface area (Å²) in [7, 11) is 0. The quantitative estimate of drug-likeness (QED) is 0.431. The van der Waals surface area contributed by atoms with E-state index in [9.17, 15) is 9.59 Å². The molecular weight excluding hydrogens is 414 g/mol. The van der Waals surface area contributed by atoms with Gasteiger partial charge in [0.05, 0.1) is 22.9 Å². The van der Waals surface area contributed by atoms with Crippen molar-refractivity contribution in [3.05, 3.63) is 94.5 Å². The Hall–Kier alpha value is -3.64. The molecule has 31 heavy (non-hydrogen) atoms. The minimum Gasteiger partial charge on any atom is -0.455 e. The van der Waals surface area contributed by atoms with Crippen molar-refractivity contribution in [3.8, 4) is 11.5 Å². The van der Waals surface area contributed by atoms with Crippen LogP contribution in [0.5, 0.6) is 11.5 Å². The molecule has 1 aromatic heterocycles. The molecule has 0 aliphatic heterocycles. The standard InChI is InChI=1S/C24H20ClN3O3/c25-17-12-13-22(31-18-7-2-1-3-8-18)21(15-17)27-23(29)11-6-14-28-16-26-20-10-5-4-9-19(20)24(28)30/h1-5,7-10,12-13,15-16H,6,11,14H2,(H,27,29). The number of carbonyl (C=O) groups excluding carboxylic acids is 1. The smallest absolute Gasteiger partial charge is 0.261 e. The highest BCUT2D eigenvalue weighted by Crippen LogP contribution is 2.32. The molecule has 6 nitrogen and oxygen atoms in total. The maximum atomic E-state index is 12.5. The molecule has 0 atom stereocenters. The topological polar surface area (TPSA) is 73.2 Å². The highest BCUT2D eigenvalue weighted by molar-refractivity contribution is 6.31. The molecule has 0 aliphatic carbocycles. The van der Waals surface area contributed by atoms with Gasteiger partial charge in [-0.2, -0.15) is 0 Å². The Bertz CT molecular complexity index is 1270. The molecule has 0 aliphatic rings. The van der Waals surface area contributed by atoms with Crippen LogP contribution in [-0.2, 0) is 11.3 Å². The SMILES string of the molecule is O=C(CCCn1cnc2ccccc2c1=O)Nc1cc(Cl)ccc1Oc1ccccc1. The molecule has 0 spiro atoms. The number of benzene rings is 3. The number of fused-ring (bicyclic) bond motifs is 1. The second-order valence-electron chi connectivity index (χ2n) is 6.97. The van der Waals surface area contributed by atoms with E-state index in [0.717, 1.165) is 0 Å². The van der Waals surface area contributed by atoms with Crippen LogP contribution >= 0.6 is 11.6 Å². The number of amides is 1. The summed E-state index contributed by atoms with van der Waals surface area (Å²) in [5.41, 5.74) is 1.04. The van der Waals surface area contributed by atoms with Gasteiger partial charge in [0.15, 0.2) is 5.75 Å². The van der Waals surface area contributed by atoms with Crippen molar-refractivity contribution in [2.45, 2.75) is 19.4 Å². The van der Waals surface area contributed by atoms with Crippen LogP contribution in [0.4, 0.5) is 5.69 Å². The molecule has 0 saturated heterocycles. The Labute approximate surface area is 184 Å². The van der Waals surface area contributed by atoms with Crippen LogP contribution < -0.4 is 15.6 Å². The van der Waals surface area contributed by atoms with E-state index in [-0.39, 0.29) is 17.9 Å². The minimum absolute atomic E-state index is 0.112. The maximum Gasteiger partial charge on any atom is 0.261 e. The van der Waals surface area contributed by atoms with Gasteiger partial charge in [-0.15, -0.1) is 0 Å². The van der Waals surface area contributed by atoms with Crippen LogP contribution in [0.25, 0.3) is 10.9 Å². The second kappa shape index (κ2) is 9.45. The zero-order valence-electron chi connectivity index (χ0n) is 16.6. The molecule has 4 rings (SSSR count). The molecular formula is C24H20ClN3O3. The fourth-order valence-electron chi connectivity index (χ4n) is 3.19. The van der Waals surface area contributed by atoms with Crippen molar-refractivity contribution in [2.24, 2.45) is 0 Å². The van der Waals surface area contributed by atoms with Crippen molar-refractivity contribution in [2.75, 3.05) is 5.32 Å². The number of nitrogens with one attached hydrogen (secondary N) is 1. The maximum absolute atomic E-state index is 12.5. The van der Waals surface area contributed by atoms with Gasteiger partial charge in [-0.3, -0.25) is 14.2 Å². The van der Waals surface area contributed by atoms with E-state index in [1.807, 2.05) is 42.5 Å². The third kappa shape index (κ3) is 5.10. The van der Waals surface area contributed by atoms with Crippen LogP contribution in [0.1, 0.15) is 12.8 Å². The Kier molecular flexibility index (Phi) is 6.29. The van der Waals surface area contributed by atoms with Crippen LogP contribution in [0.3, 0.4) is 0 Å². The third-order valence-electron chi connectivity index (χ3n) is 4.72. The van der Waals surface area contributed by atoms with E-state index < -0.39 is 0 Å². The monoisotopic (exact) mass is 433 g/mol. The van der Waals surface area contributed by atoms with Crippen molar-refractivity contribution < 1.29 is 9.53 Å². The van der Waals surface area contributed by atoms with E-state index in [4.69, 9.17) is 16.3 Å². The van der Waals surface area contributed by atoms with Crippen molar-refractivity contribution in [1.29, 1.82) is 0 Å². The number of hydrogen-bond acceptors (Lipinski definition) is 4. The molecule has 0 bridgehead atoms. The summed E-state index contributed by atoms with van der Waals surface area (Å²) in [5.74, 6) is 0.962. The summed E-state index contributed by atoms with van der Waals surface area (Å²) in [6.07, 6.45) is 2.24. The average molecular weight is 434 g/mol. The fraction of sp³-hybridized carbons (Fsp3) is 0.125. The van der Waals surface area contributed by atoms with Crippen molar-refractivity contribution >= 4 is 34.1 Å². The lowest BCUT2D eigenvalue weighted by Gasteiger charge is -2.13. The first-order chi connectivity index (χ1) is 15.1. The highest BCUT2D eigenvalue weighted by atomic mass is 35.5. The molecule has 1 heterocycles. The number of carbonyl (C=O) groups is 1. The zero-order chi connectivity index (χ0) is 21.6. The van der Waals surface area contributed by atoms with E-state index in [0.29, 0.717) is 46.1 Å². The second-order valence-corrected chi connectivity index (χ2v) is 7.40. The Morgan fingerprint density at radius 2 is 1.81 bits per heavy atom. The molecule has 1 amide bonds. The van der Waals surface area contributed by atoms with Crippen molar-refractivity contribution in [3.63, 3.8) is 0 Å². The molecule has 0 saturated carbocycles. The summed E-state index contributed by atoms with van der Waals surface area (Å²) >= 11 is 6.10. The Morgan fingerprint density at radius 3 is 2.65 bits per heavy atom. The summed E-state index contributed by atoms with van der Waals surface area (Å²) in [6, 6.07) is 21.6. The molecule has 4 aromatic rings. The molecule has 0 radical (unpaired) electrons. The Balaban J connectivity index is 1.40. The first-order valence-corrected chi connectivity index (χ1v) is 10.2. The molecule has 7 heteroatoms. The van der Waals surface area contributed by atoms with Gasteiger partial charge < -0.3 is 10.1 Å². The number of para-hydroxylation sites is 2. The van der Waals surface area contributed by atoms with Gasteiger partial charge in [0.25, 0.3) is 5.56 Å². The summed E-state index contributed by atoms with van der Waals surface area (Å²) in [6.45, 7) is 0.396. The van der Waals surface area contributed by atoms with Crippen LogP contribution in [0.2, 0.25) is 5.02 Å². The van der Waals surface area contributed by atoms with Crippen LogP contribution in [-0.4, -0.2) is 15.5 Å². The average Bonchev–Trinajstić information content (AvgIpc) is 2.78. The number of nitrogens with zero attached hydrogens (tertiary/aromatic N) is 2. The number of anilines is 1. The number of halogens is 1. The van der Waals surface area contributed by atoms with Gasteiger partial charge in [0.1, 0.15) is 5.75 Å². The molecule has 0 unspecified atom stereocenters. The lowest BCUT2D eigenvalue weighted by molar-refractivity contribution is -0.116. The number of ether oxygens (including phenoxy) is 1. The van der Waals surface area contributed by atoms with Gasteiger partial charge in [0, 0.05) is 18.0 Å². The van der Waals surface area contributed by atoms with Crippen molar-refractivity contribution in [1.82, 2.24) is 9.55 Å². The predicted molar refractivity (Wildman–Crippen MR) is 122 cm³/mol. The number of aromatic nitrogens is 2. The largest absolute Gasteiger partial charge is 0.455 e. The van der Waals surface area contributed by atoms with Gasteiger partial charge in [0.2, 0.25) is 5.91 Å². The normalized spacial score (nSPS) is 10.7. The van der Waals surface area contributed by atoms with Gasteiger partial charge in [-0.1, -0.05) is 41.9 Å². The van der Waals surface area contributed by atoms with Crippen LogP contribution in [0.15, 0.2) is 83.9 Å². The summed E-state index contributed by atoms with van der Waals surface area (Å²) in [5, 5.41) is 3.91. The minimum atomic E-state index is -0.193. The molecule has 156 valence electrons. The van der Waals surface area contributed by atoms with E-state index in [1.54, 1.807) is 30.3 Å². The van der Waals surface area contributed by atoms with E-state index in [2.05, 4.69) is 10.3 Å². The third-order valence-corrected chi connectivity index (χ3v) is 4.96. The van der Waals surface area contributed by atoms with Gasteiger partial charge >= 0.3 is 0 Å². The van der Waals surface area contributed by atoms with E-state index in [1.165, 1.54) is 10.9 Å². The van der Waals surface area contributed by atoms with Gasteiger partial charge in [-0.05, 0) is 48.9 Å². The fourth-order valence-corrected chi connectivity index (χ4v) is 3.36. The molecule has 1 N–H and O–H groups in total. The number of aryl methyl sites for hydroxylation is 1. The molecule has 0 fully saturated rings. The summed E-state index contributed by atoms with van der Waals surface area (Å²) in [4.78, 5) is 29.3. The summed E-state index contributed by atoms with van der Waals surface area (Å²) < 4.78 is 7.40. The number of hydrogen-bond donors (Lipinski definition) is 1. The lowest BCUT2D eigenvalue weighted by Crippen LogP contribution is -2.21. The highest BCUT2D eigenvalue weighted by Gasteiger charge is 2.11. The predicted octanol–water partition coefficient (Wildman–Crippen LogP) is 5.26. The first-order valence-electron chi connectivity index (χ1n) is 9.86. The van der Waals surface area contributed by atoms with Gasteiger partial charge in [-0.25, -0.2) is 4.98 Å². The zero-order valence-corrected chi connectivity index (χ0v) is 17.4. The molecule has 3 aromatic carbocycles.